The Hall–Kier alpha value is -1.60. The second-order valence-electron chi connectivity index (χ2n) is 5.49. The molecular formula is C19H25N. The zero-order valence-corrected chi connectivity index (χ0v) is 12.8. The fourth-order valence-corrected chi connectivity index (χ4v) is 2.74. The Morgan fingerprint density at radius 3 is 2.40 bits per heavy atom. The Morgan fingerprint density at radius 2 is 1.75 bits per heavy atom. The monoisotopic (exact) mass is 267 g/mol. The molecule has 0 aromatic heterocycles. The van der Waals surface area contributed by atoms with Gasteiger partial charge in [0.1, 0.15) is 0 Å². The van der Waals surface area contributed by atoms with Crippen LogP contribution in [0.3, 0.4) is 0 Å². The van der Waals surface area contributed by atoms with E-state index in [4.69, 9.17) is 0 Å². The van der Waals surface area contributed by atoms with Gasteiger partial charge in [0.15, 0.2) is 0 Å². The van der Waals surface area contributed by atoms with Gasteiger partial charge in [-0.25, -0.2) is 0 Å². The maximum atomic E-state index is 3.60. The SMILES string of the molecule is CCNC(CCc1ccc(C)cc1C)c1ccccc1. The van der Waals surface area contributed by atoms with Crippen molar-refractivity contribution in [2.45, 2.75) is 39.7 Å². The Labute approximate surface area is 123 Å². The van der Waals surface area contributed by atoms with Crippen LogP contribution in [0.25, 0.3) is 0 Å². The van der Waals surface area contributed by atoms with E-state index >= 15 is 0 Å². The van der Waals surface area contributed by atoms with Gasteiger partial charge in [-0.05, 0) is 49.9 Å². The summed E-state index contributed by atoms with van der Waals surface area (Å²) in [5, 5.41) is 3.60. The predicted molar refractivity (Wildman–Crippen MR) is 87.1 cm³/mol. The number of hydrogen-bond donors (Lipinski definition) is 1. The molecule has 1 heteroatoms. The molecule has 1 nitrogen and oxygen atoms in total. The van der Waals surface area contributed by atoms with Crippen molar-refractivity contribution >= 4 is 0 Å². The lowest BCUT2D eigenvalue weighted by Crippen LogP contribution is -2.21. The Kier molecular flexibility index (Phi) is 5.37. The fraction of sp³-hybridized carbons (Fsp3) is 0.368. The number of aryl methyl sites for hydroxylation is 3. The third kappa shape index (κ3) is 3.94. The molecule has 0 amide bonds. The summed E-state index contributed by atoms with van der Waals surface area (Å²) in [5.74, 6) is 0. The molecule has 0 aliphatic rings. The summed E-state index contributed by atoms with van der Waals surface area (Å²) in [6, 6.07) is 18.0. The standard InChI is InChI=1S/C19H25N/c1-4-20-19(18-8-6-5-7-9-18)13-12-17-11-10-15(2)14-16(17)3/h5-11,14,19-20H,4,12-13H2,1-3H3. The van der Waals surface area contributed by atoms with Crippen molar-refractivity contribution in [2.75, 3.05) is 6.54 Å². The van der Waals surface area contributed by atoms with Crippen LogP contribution in [-0.2, 0) is 6.42 Å². The molecule has 2 rings (SSSR count). The quantitative estimate of drug-likeness (QED) is 0.807. The summed E-state index contributed by atoms with van der Waals surface area (Å²) in [7, 11) is 0. The third-order valence-corrected chi connectivity index (χ3v) is 3.85. The highest BCUT2D eigenvalue weighted by Crippen LogP contribution is 2.21. The lowest BCUT2D eigenvalue weighted by Gasteiger charge is -2.19. The van der Waals surface area contributed by atoms with Crippen LogP contribution in [-0.4, -0.2) is 6.54 Å². The van der Waals surface area contributed by atoms with Crippen molar-refractivity contribution in [1.29, 1.82) is 0 Å². The molecular weight excluding hydrogens is 242 g/mol. The number of nitrogens with one attached hydrogen (secondary N) is 1. The average molecular weight is 267 g/mol. The van der Waals surface area contributed by atoms with E-state index < -0.39 is 0 Å². The lowest BCUT2D eigenvalue weighted by molar-refractivity contribution is 0.515. The largest absolute Gasteiger partial charge is 0.310 e. The van der Waals surface area contributed by atoms with E-state index in [2.05, 4.69) is 74.6 Å². The molecule has 1 unspecified atom stereocenters. The summed E-state index contributed by atoms with van der Waals surface area (Å²) >= 11 is 0. The average Bonchev–Trinajstić information content (AvgIpc) is 2.46. The van der Waals surface area contributed by atoms with Crippen LogP contribution in [0.1, 0.15) is 41.6 Å². The first kappa shape index (κ1) is 14.8. The van der Waals surface area contributed by atoms with Crippen molar-refractivity contribution in [3.05, 3.63) is 70.8 Å². The highest BCUT2D eigenvalue weighted by Gasteiger charge is 2.10. The van der Waals surface area contributed by atoms with Crippen LogP contribution in [0.5, 0.6) is 0 Å². The van der Waals surface area contributed by atoms with Crippen molar-refractivity contribution < 1.29 is 0 Å². The number of rotatable bonds is 6. The topological polar surface area (TPSA) is 12.0 Å². The first-order valence-electron chi connectivity index (χ1n) is 7.55. The summed E-state index contributed by atoms with van der Waals surface area (Å²) < 4.78 is 0. The molecule has 0 fully saturated rings. The molecule has 0 bridgehead atoms. The highest BCUT2D eigenvalue weighted by molar-refractivity contribution is 5.31. The van der Waals surface area contributed by atoms with Gasteiger partial charge in [-0.2, -0.15) is 0 Å². The van der Waals surface area contributed by atoms with E-state index in [1.165, 1.54) is 22.3 Å². The van der Waals surface area contributed by atoms with E-state index in [1.54, 1.807) is 0 Å². The van der Waals surface area contributed by atoms with Gasteiger partial charge in [0.05, 0.1) is 0 Å². The molecule has 106 valence electrons. The zero-order valence-electron chi connectivity index (χ0n) is 12.8. The number of hydrogen-bond acceptors (Lipinski definition) is 1. The molecule has 20 heavy (non-hydrogen) atoms. The highest BCUT2D eigenvalue weighted by atomic mass is 14.9. The molecule has 0 saturated heterocycles. The van der Waals surface area contributed by atoms with E-state index in [0.717, 1.165) is 19.4 Å². The Balaban J connectivity index is 2.06. The molecule has 0 aliphatic carbocycles. The molecule has 1 atom stereocenters. The molecule has 0 radical (unpaired) electrons. The van der Waals surface area contributed by atoms with Gasteiger partial charge in [-0.1, -0.05) is 61.0 Å². The first-order valence-corrected chi connectivity index (χ1v) is 7.55. The van der Waals surface area contributed by atoms with Crippen molar-refractivity contribution in [1.82, 2.24) is 5.32 Å². The fourth-order valence-electron chi connectivity index (χ4n) is 2.74. The predicted octanol–water partition coefficient (Wildman–Crippen LogP) is 4.59. The van der Waals surface area contributed by atoms with Crippen LogP contribution in [0.15, 0.2) is 48.5 Å². The second kappa shape index (κ2) is 7.25. The van der Waals surface area contributed by atoms with E-state index in [-0.39, 0.29) is 0 Å². The zero-order chi connectivity index (χ0) is 14.4. The van der Waals surface area contributed by atoms with Crippen LogP contribution >= 0.6 is 0 Å². The van der Waals surface area contributed by atoms with Crippen LogP contribution in [0.2, 0.25) is 0 Å². The van der Waals surface area contributed by atoms with Gasteiger partial charge < -0.3 is 5.32 Å². The van der Waals surface area contributed by atoms with E-state index in [9.17, 15) is 0 Å². The molecule has 2 aromatic rings. The van der Waals surface area contributed by atoms with E-state index in [1.807, 2.05) is 0 Å². The molecule has 2 aromatic carbocycles. The Bertz CT molecular complexity index is 531. The summed E-state index contributed by atoms with van der Waals surface area (Å²) in [6.07, 6.45) is 2.26. The second-order valence-corrected chi connectivity index (χ2v) is 5.49. The maximum absolute atomic E-state index is 3.60. The van der Waals surface area contributed by atoms with Gasteiger partial charge in [-0.3, -0.25) is 0 Å². The molecule has 0 spiro atoms. The smallest absolute Gasteiger partial charge is 0.0323 e. The minimum absolute atomic E-state index is 0.446. The number of benzene rings is 2. The minimum atomic E-state index is 0.446. The third-order valence-electron chi connectivity index (χ3n) is 3.85. The van der Waals surface area contributed by atoms with Gasteiger partial charge in [0.2, 0.25) is 0 Å². The summed E-state index contributed by atoms with van der Waals surface area (Å²) in [5.41, 5.74) is 5.61. The summed E-state index contributed by atoms with van der Waals surface area (Å²) in [4.78, 5) is 0. The van der Waals surface area contributed by atoms with Gasteiger partial charge in [0, 0.05) is 6.04 Å². The lowest BCUT2D eigenvalue weighted by atomic mass is 9.96. The van der Waals surface area contributed by atoms with Gasteiger partial charge in [0.25, 0.3) is 0 Å². The normalized spacial score (nSPS) is 12.3. The van der Waals surface area contributed by atoms with Gasteiger partial charge in [-0.15, -0.1) is 0 Å². The van der Waals surface area contributed by atoms with Gasteiger partial charge >= 0.3 is 0 Å². The molecule has 0 heterocycles. The van der Waals surface area contributed by atoms with Crippen molar-refractivity contribution in [3.8, 4) is 0 Å². The Morgan fingerprint density at radius 1 is 1.00 bits per heavy atom. The van der Waals surface area contributed by atoms with Crippen LogP contribution in [0, 0.1) is 13.8 Å². The molecule has 1 N–H and O–H groups in total. The van der Waals surface area contributed by atoms with E-state index in [0.29, 0.717) is 6.04 Å². The van der Waals surface area contributed by atoms with Crippen LogP contribution < -0.4 is 5.32 Å². The minimum Gasteiger partial charge on any atom is -0.310 e. The first-order chi connectivity index (χ1) is 9.70. The van der Waals surface area contributed by atoms with Crippen LogP contribution in [0.4, 0.5) is 0 Å². The molecule has 0 aliphatic heterocycles. The maximum Gasteiger partial charge on any atom is 0.0323 e. The summed E-state index contributed by atoms with van der Waals surface area (Å²) in [6.45, 7) is 7.55. The van der Waals surface area contributed by atoms with Crippen molar-refractivity contribution in [3.63, 3.8) is 0 Å². The van der Waals surface area contributed by atoms with Crippen molar-refractivity contribution in [2.24, 2.45) is 0 Å². The molecule has 0 saturated carbocycles.